The number of benzene rings is 3. The Morgan fingerprint density at radius 3 is 2.11 bits per heavy atom. The van der Waals surface area contributed by atoms with Gasteiger partial charge in [0.15, 0.2) is 11.5 Å². The zero-order valence-corrected chi connectivity index (χ0v) is 20.2. The van der Waals surface area contributed by atoms with Crippen molar-refractivity contribution in [2.45, 2.75) is 12.2 Å². The summed E-state index contributed by atoms with van der Waals surface area (Å²) in [6.45, 7) is -0.235. The van der Waals surface area contributed by atoms with Gasteiger partial charge < -0.3 is 33.9 Å². The van der Waals surface area contributed by atoms with Gasteiger partial charge in [-0.1, -0.05) is 6.07 Å². The van der Waals surface area contributed by atoms with Gasteiger partial charge in [0.2, 0.25) is 5.43 Å². The first-order valence-electron chi connectivity index (χ1n) is 11.3. The molecule has 2 heterocycles. The number of aliphatic hydroxyl groups excluding tert-OH is 1. The van der Waals surface area contributed by atoms with Gasteiger partial charge in [-0.25, -0.2) is 9.78 Å². The summed E-state index contributed by atoms with van der Waals surface area (Å²) >= 11 is 0. The smallest absolute Gasteiger partial charge is 0.200 e. The molecular formula is C27H24O10. The summed E-state index contributed by atoms with van der Waals surface area (Å²) in [4.78, 5) is 23.6. The van der Waals surface area contributed by atoms with E-state index in [2.05, 4.69) is 0 Å². The molecule has 192 valence electrons. The number of phenols is 2. The minimum absolute atomic E-state index is 0.118. The molecule has 5 rings (SSSR count). The number of hydrogen-bond acceptors (Lipinski definition) is 10. The van der Waals surface area contributed by atoms with Crippen molar-refractivity contribution in [3.63, 3.8) is 0 Å². The molecule has 0 amide bonds. The van der Waals surface area contributed by atoms with Gasteiger partial charge in [0.05, 0.1) is 50.0 Å². The molecule has 0 bridgehead atoms. The molecule has 3 aromatic carbocycles. The lowest BCUT2D eigenvalue weighted by Gasteiger charge is -2.34. The Hall–Kier alpha value is -4.25. The first-order chi connectivity index (χ1) is 17.9. The highest BCUT2D eigenvalue weighted by Gasteiger charge is 2.37. The number of rotatable bonds is 7. The Bertz CT molecular complexity index is 1510. The number of ether oxygens (including phenoxy) is 3. The molecule has 0 spiro atoms. The SMILES string of the molecule is COc1ccc(-c2coc3c(-c4c(OC)cc([C@@H]5OO[C@@H]5CO)cc4OC)c(O)ccc3c2=O)cc1O. The second-order valence-corrected chi connectivity index (χ2v) is 8.34. The molecule has 1 aliphatic rings. The van der Waals surface area contributed by atoms with Crippen LogP contribution in [0.3, 0.4) is 0 Å². The molecule has 1 aromatic heterocycles. The fourth-order valence-corrected chi connectivity index (χ4v) is 4.42. The fourth-order valence-electron chi connectivity index (χ4n) is 4.42. The lowest BCUT2D eigenvalue weighted by molar-refractivity contribution is -0.473. The van der Waals surface area contributed by atoms with Gasteiger partial charge in [-0.15, -0.1) is 0 Å². The van der Waals surface area contributed by atoms with Gasteiger partial charge in [0, 0.05) is 0 Å². The van der Waals surface area contributed by atoms with Crippen molar-refractivity contribution in [2.75, 3.05) is 27.9 Å². The third kappa shape index (κ3) is 4.01. The van der Waals surface area contributed by atoms with E-state index in [1.54, 1.807) is 24.3 Å². The van der Waals surface area contributed by atoms with E-state index >= 15 is 0 Å². The van der Waals surface area contributed by atoms with E-state index in [-0.39, 0.29) is 51.4 Å². The van der Waals surface area contributed by atoms with Crippen molar-refractivity contribution >= 4 is 11.0 Å². The second kappa shape index (κ2) is 9.66. The number of aromatic hydroxyl groups is 2. The van der Waals surface area contributed by atoms with Gasteiger partial charge in [-0.05, 0) is 47.5 Å². The van der Waals surface area contributed by atoms with Crippen LogP contribution >= 0.6 is 0 Å². The van der Waals surface area contributed by atoms with E-state index < -0.39 is 12.2 Å². The summed E-state index contributed by atoms with van der Waals surface area (Å²) in [7, 11) is 4.34. The van der Waals surface area contributed by atoms with Crippen molar-refractivity contribution in [1.82, 2.24) is 0 Å². The lowest BCUT2D eigenvalue weighted by Crippen LogP contribution is -2.38. The predicted molar refractivity (Wildman–Crippen MR) is 132 cm³/mol. The first-order valence-corrected chi connectivity index (χ1v) is 11.3. The molecule has 37 heavy (non-hydrogen) atoms. The largest absolute Gasteiger partial charge is 0.507 e. The number of phenolic OH excluding ortho intramolecular Hbond substituents is 2. The van der Waals surface area contributed by atoms with Crippen LogP contribution in [0.2, 0.25) is 0 Å². The van der Waals surface area contributed by atoms with E-state index in [4.69, 9.17) is 28.4 Å². The highest BCUT2D eigenvalue weighted by atomic mass is 17.2. The molecule has 3 N–H and O–H groups in total. The summed E-state index contributed by atoms with van der Waals surface area (Å²) in [5.41, 5.74) is 1.59. The Balaban J connectivity index is 1.70. The third-order valence-electron chi connectivity index (χ3n) is 6.32. The van der Waals surface area contributed by atoms with Crippen molar-refractivity contribution in [3.8, 4) is 51.0 Å². The third-order valence-corrected chi connectivity index (χ3v) is 6.32. The average molecular weight is 508 g/mol. The minimum Gasteiger partial charge on any atom is -0.507 e. The molecule has 1 saturated heterocycles. The van der Waals surface area contributed by atoms with Gasteiger partial charge >= 0.3 is 0 Å². The van der Waals surface area contributed by atoms with Crippen molar-refractivity contribution in [3.05, 3.63) is 64.5 Å². The molecule has 1 aliphatic heterocycles. The molecule has 0 unspecified atom stereocenters. The Labute approximate surface area is 210 Å². The molecule has 1 fully saturated rings. The molecule has 4 aromatic rings. The highest BCUT2D eigenvalue weighted by Crippen LogP contribution is 2.48. The van der Waals surface area contributed by atoms with E-state index in [1.807, 2.05) is 0 Å². The van der Waals surface area contributed by atoms with Crippen molar-refractivity contribution < 1.29 is 43.7 Å². The van der Waals surface area contributed by atoms with Crippen LogP contribution in [-0.4, -0.2) is 49.4 Å². The number of hydrogen-bond donors (Lipinski definition) is 3. The summed E-state index contributed by atoms with van der Waals surface area (Å²) in [5, 5.41) is 30.7. The van der Waals surface area contributed by atoms with Gasteiger partial charge in [0.1, 0.15) is 41.3 Å². The molecular weight excluding hydrogens is 484 g/mol. The zero-order chi connectivity index (χ0) is 26.3. The van der Waals surface area contributed by atoms with Gasteiger partial charge in [-0.3, -0.25) is 4.79 Å². The summed E-state index contributed by atoms with van der Waals surface area (Å²) in [6, 6.07) is 10.8. The van der Waals surface area contributed by atoms with Gasteiger partial charge in [-0.2, -0.15) is 0 Å². The van der Waals surface area contributed by atoms with Crippen LogP contribution in [0, 0.1) is 0 Å². The van der Waals surface area contributed by atoms with E-state index in [0.717, 1.165) is 0 Å². The van der Waals surface area contributed by atoms with E-state index in [0.29, 0.717) is 28.2 Å². The molecule has 2 atom stereocenters. The van der Waals surface area contributed by atoms with Crippen molar-refractivity contribution in [2.24, 2.45) is 0 Å². The second-order valence-electron chi connectivity index (χ2n) is 8.34. The van der Waals surface area contributed by atoms with Crippen LogP contribution in [0.1, 0.15) is 11.7 Å². The lowest BCUT2D eigenvalue weighted by atomic mass is 9.94. The monoisotopic (exact) mass is 508 g/mol. The summed E-state index contributed by atoms with van der Waals surface area (Å²) in [6.07, 6.45) is 0.192. The number of fused-ring (bicyclic) bond motifs is 1. The highest BCUT2D eigenvalue weighted by molar-refractivity contribution is 6.00. The van der Waals surface area contributed by atoms with Crippen LogP contribution in [0.25, 0.3) is 33.2 Å². The number of aliphatic hydroxyl groups is 1. The molecule has 10 heteroatoms. The molecule has 0 aliphatic carbocycles. The van der Waals surface area contributed by atoms with Crippen LogP contribution in [0.15, 0.2) is 57.9 Å². The van der Waals surface area contributed by atoms with Crippen LogP contribution in [-0.2, 0) is 9.78 Å². The molecule has 0 radical (unpaired) electrons. The standard InChI is InChI=1S/C27H24O10/c1-32-19-7-4-13(8-18(19)30)16-12-35-27-15(25(16)31)5-6-17(29)23(27)24-20(33-2)9-14(10-21(24)34-3)26-22(11-28)36-37-26/h4-10,12,22,26,28-30H,11H2,1-3H3/t22-,26+/m1/s1. The number of methoxy groups -OCH3 is 3. The zero-order valence-electron chi connectivity index (χ0n) is 20.2. The fraction of sp³-hybridized carbons (Fsp3) is 0.222. The predicted octanol–water partition coefficient (Wildman–Crippen LogP) is 3.93. The first kappa shape index (κ1) is 24.4. The van der Waals surface area contributed by atoms with Crippen LogP contribution in [0.4, 0.5) is 0 Å². The summed E-state index contributed by atoms with van der Waals surface area (Å²) < 4.78 is 22.2. The maximum atomic E-state index is 13.5. The maximum absolute atomic E-state index is 13.5. The van der Waals surface area contributed by atoms with Crippen LogP contribution in [0.5, 0.6) is 28.7 Å². The quantitative estimate of drug-likeness (QED) is 0.315. The maximum Gasteiger partial charge on any atom is 0.200 e. The Morgan fingerprint density at radius 2 is 1.54 bits per heavy atom. The summed E-state index contributed by atoms with van der Waals surface area (Å²) in [5.74, 6) is 0.622. The minimum atomic E-state index is -0.542. The van der Waals surface area contributed by atoms with E-state index in [1.165, 1.54) is 45.8 Å². The van der Waals surface area contributed by atoms with Crippen molar-refractivity contribution in [1.29, 1.82) is 0 Å². The topological polar surface area (TPSA) is 137 Å². The van der Waals surface area contributed by atoms with Gasteiger partial charge in [0.25, 0.3) is 0 Å². The molecule has 0 saturated carbocycles. The average Bonchev–Trinajstić information content (AvgIpc) is 2.88. The Morgan fingerprint density at radius 1 is 0.838 bits per heavy atom. The Kier molecular flexibility index (Phi) is 6.38. The van der Waals surface area contributed by atoms with Crippen LogP contribution < -0.4 is 19.6 Å². The molecule has 10 nitrogen and oxygen atoms in total. The normalized spacial score (nSPS) is 16.9. The van der Waals surface area contributed by atoms with E-state index in [9.17, 15) is 20.1 Å².